The fraction of sp³-hybridized carbons (Fsp3) is 0.323. The van der Waals surface area contributed by atoms with Crippen LogP contribution >= 0.6 is 0 Å². The Balaban J connectivity index is 1.46. The Morgan fingerprint density at radius 1 is 0.975 bits per heavy atom. The van der Waals surface area contributed by atoms with Crippen LogP contribution in [0.1, 0.15) is 43.4 Å². The van der Waals surface area contributed by atoms with E-state index >= 15 is 0 Å². The molecule has 1 saturated heterocycles. The number of hydrogen-bond acceptors (Lipinski definition) is 5. The van der Waals surface area contributed by atoms with Crippen molar-refractivity contribution < 1.29 is 24.2 Å². The topological polar surface area (TPSA) is 111 Å². The lowest BCUT2D eigenvalue weighted by Crippen LogP contribution is -2.48. The number of piperidine rings is 1. The molecule has 3 aromatic rings. The molecule has 0 spiro atoms. The zero-order valence-corrected chi connectivity index (χ0v) is 23.1. The number of aliphatic carboxylic acids is 1. The molecule has 1 heterocycles. The molecular weight excluding hydrogens is 508 g/mol. The summed E-state index contributed by atoms with van der Waals surface area (Å²) in [7, 11) is 1.52. The maximum Gasteiger partial charge on any atom is 0.323 e. The van der Waals surface area contributed by atoms with Crippen molar-refractivity contribution in [3.8, 4) is 5.75 Å². The van der Waals surface area contributed by atoms with E-state index in [4.69, 9.17) is 4.74 Å². The number of urea groups is 1. The lowest BCUT2D eigenvalue weighted by molar-refractivity contribution is -0.138. The molecule has 0 bridgehead atoms. The van der Waals surface area contributed by atoms with Crippen molar-refractivity contribution in [2.45, 2.75) is 45.2 Å². The van der Waals surface area contributed by atoms with Gasteiger partial charge < -0.3 is 25.4 Å². The van der Waals surface area contributed by atoms with Gasteiger partial charge in [-0.15, -0.1) is 0 Å². The second-order valence-electron chi connectivity index (χ2n) is 9.96. The number of nitrogens with one attached hydrogen (secondary N) is 2. The van der Waals surface area contributed by atoms with Crippen LogP contribution in [0.4, 0.5) is 21.9 Å². The van der Waals surface area contributed by atoms with Gasteiger partial charge >= 0.3 is 12.0 Å². The van der Waals surface area contributed by atoms with Gasteiger partial charge in [0.1, 0.15) is 5.75 Å². The first kappa shape index (κ1) is 28.6. The number of carbonyl (C=O) groups excluding carboxylic acids is 2. The summed E-state index contributed by atoms with van der Waals surface area (Å²) in [5, 5.41) is 15.2. The van der Waals surface area contributed by atoms with Gasteiger partial charge in [0, 0.05) is 49.5 Å². The van der Waals surface area contributed by atoms with Crippen LogP contribution in [0.2, 0.25) is 0 Å². The molecule has 1 unspecified atom stereocenters. The number of benzene rings is 3. The molecule has 3 aromatic carbocycles. The van der Waals surface area contributed by atoms with E-state index in [1.807, 2.05) is 61.5 Å². The third kappa shape index (κ3) is 6.98. The lowest BCUT2D eigenvalue weighted by Gasteiger charge is -2.41. The molecule has 9 heteroatoms. The number of ether oxygens (including phenoxy) is 1. The summed E-state index contributed by atoms with van der Waals surface area (Å²) in [5.74, 6) is -0.495. The van der Waals surface area contributed by atoms with E-state index in [0.29, 0.717) is 48.7 Å². The van der Waals surface area contributed by atoms with Crippen LogP contribution in [0, 0.1) is 6.92 Å². The van der Waals surface area contributed by atoms with Crippen molar-refractivity contribution in [3.63, 3.8) is 0 Å². The first-order valence-electron chi connectivity index (χ1n) is 13.4. The van der Waals surface area contributed by atoms with Crippen molar-refractivity contribution in [1.29, 1.82) is 0 Å². The van der Waals surface area contributed by atoms with Crippen molar-refractivity contribution in [2.24, 2.45) is 0 Å². The maximum atomic E-state index is 12.8. The molecule has 9 nitrogen and oxygen atoms in total. The average Bonchev–Trinajstić information content (AvgIpc) is 2.94. The zero-order valence-electron chi connectivity index (χ0n) is 23.1. The molecule has 210 valence electrons. The molecule has 40 heavy (non-hydrogen) atoms. The molecule has 0 aromatic heterocycles. The third-order valence-corrected chi connectivity index (χ3v) is 7.30. The molecule has 1 aliphatic heterocycles. The van der Waals surface area contributed by atoms with Gasteiger partial charge in [-0.2, -0.15) is 0 Å². The largest absolute Gasteiger partial charge is 0.494 e. The Hall–Kier alpha value is -4.37. The van der Waals surface area contributed by atoms with Gasteiger partial charge in [-0.1, -0.05) is 48.5 Å². The first-order chi connectivity index (χ1) is 19.3. The highest BCUT2D eigenvalue weighted by Crippen LogP contribution is 2.34. The number of carbonyl (C=O) groups is 3. The summed E-state index contributed by atoms with van der Waals surface area (Å²) in [4.78, 5) is 41.1. The lowest BCUT2D eigenvalue weighted by atomic mass is 9.96. The Labute approximate surface area is 234 Å². The Morgan fingerprint density at radius 2 is 1.62 bits per heavy atom. The first-order valence-corrected chi connectivity index (χ1v) is 13.4. The normalized spacial score (nSPS) is 14.7. The third-order valence-electron chi connectivity index (χ3n) is 7.30. The maximum absolute atomic E-state index is 12.8. The quantitative estimate of drug-likeness (QED) is 0.320. The Morgan fingerprint density at radius 3 is 2.25 bits per heavy atom. The standard InChI is InChI=1S/C31H36N4O5/c1-21-9-7-8-12-26(21)32-31(39)33-27-14-13-25(19-29(27)40-3)35(22(2)36)24-15-17-34(18-16-24)28(20-30(37)38)23-10-5-4-6-11-23/h4-14,19,24,28H,15-18,20H2,1-3H3,(H,37,38)(H2,32,33,39). The van der Waals surface area contributed by atoms with Gasteiger partial charge in [-0.25, -0.2) is 4.79 Å². The SMILES string of the molecule is COc1cc(N(C(C)=O)C2CCN(C(CC(=O)O)c3ccccc3)CC2)ccc1NC(=O)Nc1ccccc1C. The van der Waals surface area contributed by atoms with Crippen molar-refractivity contribution >= 4 is 35.0 Å². The Kier molecular flexibility index (Phi) is 9.39. The van der Waals surface area contributed by atoms with Gasteiger partial charge in [0.15, 0.2) is 0 Å². The minimum absolute atomic E-state index is 0.0220. The molecule has 1 aliphatic rings. The number of carboxylic acids is 1. The number of aryl methyl sites for hydroxylation is 1. The van der Waals surface area contributed by atoms with Crippen LogP contribution in [-0.4, -0.2) is 54.2 Å². The number of hydrogen-bond donors (Lipinski definition) is 3. The summed E-state index contributed by atoms with van der Waals surface area (Å²) < 4.78 is 5.57. The summed E-state index contributed by atoms with van der Waals surface area (Å²) in [6.07, 6.45) is 1.42. The minimum Gasteiger partial charge on any atom is -0.494 e. The molecular formula is C31H36N4O5. The molecule has 0 aliphatic carbocycles. The number of amides is 3. The molecule has 4 rings (SSSR count). The number of rotatable bonds is 9. The van der Waals surface area contributed by atoms with E-state index in [0.717, 1.165) is 11.1 Å². The second kappa shape index (κ2) is 13.1. The second-order valence-corrected chi connectivity index (χ2v) is 9.96. The van der Waals surface area contributed by atoms with E-state index < -0.39 is 12.0 Å². The van der Waals surface area contributed by atoms with E-state index in [1.165, 1.54) is 14.0 Å². The number of methoxy groups -OCH3 is 1. The molecule has 1 atom stereocenters. The smallest absolute Gasteiger partial charge is 0.323 e. The summed E-state index contributed by atoms with van der Waals surface area (Å²) >= 11 is 0. The fourth-order valence-electron chi connectivity index (χ4n) is 5.33. The van der Waals surface area contributed by atoms with E-state index in [9.17, 15) is 19.5 Å². The highest BCUT2D eigenvalue weighted by atomic mass is 16.5. The molecule has 3 N–H and O–H groups in total. The highest BCUT2D eigenvalue weighted by Gasteiger charge is 2.32. The Bertz CT molecular complexity index is 1340. The molecule has 1 fully saturated rings. The number of nitrogens with zero attached hydrogens (tertiary/aromatic N) is 2. The number of para-hydroxylation sites is 1. The predicted octanol–water partition coefficient (Wildman–Crippen LogP) is 5.68. The van der Waals surface area contributed by atoms with Gasteiger partial charge in [0.05, 0.1) is 19.2 Å². The van der Waals surface area contributed by atoms with Gasteiger partial charge in [-0.3, -0.25) is 14.5 Å². The van der Waals surface area contributed by atoms with Crippen molar-refractivity contribution in [1.82, 2.24) is 4.90 Å². The van der Waals surface area contributed by atoms with Crippen molar-refractivity contribution in [2.75, 3.05) is 35.7 Å². The van der Waals surface area contributed by atoms with Gasteiger partial charge in [-0.05, 0) is 49.1 Å². The summed E-state index contributed by atoms with van der Waals surface area (Å²) in [5.41, 5.74) is 3.79. The summed E-state index contributed by atoms with van der Waals surface area (Å²) in [6, 6.07) is 21.8. The van der Waals surface area contributed by atoms with E-state index in [-0.39, 0.29) is 24.4 Å². The van der Waals surface area contributed by atoms with Gasteiger partial charge in [0.2, 0.25) is 5.91 Å². The molecule has 3 amide bonds. The number of likely N-dealkylation sites (tertiary alicyclic amines) is 1. The zero-order chi connectivity index (χ0) is 28.6. The van der Waals surface area contributed by atoms with Crippen LogP contribution in [0.3, 0.4) is 0 Å². The van der Waals surface area contributed by atoms with Crippen LogP contribution in [0.15, 0.2) is 72.8 Å². The number of carboxylic acid groups (broad SMARTS) is 1. The molecule has 0 radical (unpaired) electrons. The average molecular weight is 545 g/mol. The highest BCUT2D eigenvalue weighted by molar-refractivity contribution is 6.01. The van der Waals surface area contributed by atoms with Crippen LogP contribution in [0.5, 0.6) is 5.75 Å². The van der Waals surface area contributed by atoms with Gasteiger partial charge in [0.25, 0.3) is 0 Å². The van der Waals surface area contributed by atoms with Crippen molar-refractivity contribution in [3.05, 3.63) is 83.9 Å². The van der Waals surface area contributed by atoms with Crippen LogP contribution in [-0.2, 0) is 9.59 Å². The molecule has 0 saturated carbocycles. The van der Waals surface area contributed by atoms with E-state index in [1.54, 1.807) is 23.1 Å². The van der Waals surface area contributed by atoms with Crippen LogP contribution in [0.25, 0.3) is 0 Å². The van der Waals surface area contributed by atoms with E-state index in [2.05, 4.69) is 15.5 Å². The number of anilines is 3. The summed E-state index contributed by atoms with van der Waals surface area (Å²) in [6.45, 7) is 4.78. The fourth-order valence-corrected chi connectivity index (χ4v) is 5.33. The van der Waals surface area contributed by atoms with Crippen LogP contribution < -0.4 is 20.3 Å². The monoisotopic (exact) mass is 544 g/mol. The predicted molar refractivity (Wildman–Crippen MR) is 156 cm³/mol. The minimum atomic E-state index is -0.838.